The summed E-state index contributed by atoms with van der Waals surface area (Å²) < 4.78 is 10.2. The van der Waals surface area contributed by atoms with Gasteiger partial charge in [-0.05, 0) is 36.8 Å². The zero-order valence-corrected chi connectivity index (χ0v) is 19.8. The van der Waals surface area contributed by atoms with Gasteiger partial charge in [0.15, 0.2) is 0 Å². The molecule has 3 heterocycles. The first-order valence-corrected chi connectivity index (χ1v) is 11.5. The SMILES string of the molecule is COC(=O)CC12C(=O)NCCN1C(c1ccc(OC)cc1)C1C(=O)N(c3ccc(C)cc3)C(=O)C12. The van der Waals surface area contributed by atoms with Crippen molar-refractivity contribution in [3.8, 4) is 5.75 Å². The topological polar surface area (TPSA) is 105 Å². The molecule has 1 N–H and O–H groups in total. The Hall–Kier alpha value is -3.72. The van der Waals surface area contributed by atoms with Crippen LogP contribution >= 0.6 is 0 Å². The highest BCUT2D eigenvalue weighted by molar-refractivity contribution is 6.24. The molecule has 0 saturated carbocycles. The highest BCUT2D eigenvalue weighted by atomic mass is 16.5. The number of benzene rings is 2. The minimum Gasteiger partial charge on any atom is -0.497 e. The molecule has 3 aliphatic rings. The van der Waals surface area contributed by atoms with Gasteiger partial charge in [-0.15, -0.1) is 0 Å². The van der Waals surface area contributed by atoms with Crippen LogP contribution in [-0.4, -0.2) is 61.4 Å². The van der Waals surface area contributed by atoms with Gasteiger partial charge in [0.05, 0.1) is 38.2 Å². The van der Waals surface area contributed by atoms with Gasteiger partial charge >= 0.3 is 5.97 Å². The zero-order valence-electron chi connectivity index (χ0n) is 19.8. The van der Waals surface area contributed by atoms with E-state index in [0.29, 0.717) is 24.5 Å². The number of amides is 3. The number of nitrogens with zero attached hydrogens (tertiary/aromatic N) is 2. The molecule has 0 aromatic heterocycles. The van der Waals surface area contributed by atoms with Crippen LogP contribution in [0.15, 0.2) is 48.5 Å². The molecule has 2 aromatic carbocycles. The predicted molar refractivity (Wildman–Crippen MR) is 125 cm³/mol. The van der Waals surface area contributed by atoms with Gasteiger partial charge < -0.3 is 14.8 Å². The Morgan fingerprint density at radius 2 is 1.71 bits per heavy atom. The molecule has 0 radical (unpaired) electrons. The van der Waals surface area contributed by atoms with E-state index in [-0.39, 0.29) is 12.3 Å². The van der Waals surface area contributed by atoms with E-state index in [9.17, 15) is 19.2 Å². The van der Waals surface area contributed by atoms with E-state index < -0.39 is 41.2 Å². The van der Waals surface area contributed by atoms with Crippen LogP contribution in [-0.2, 0) is 23.9 Å². The Balaban J connectivity index is 1.69. The van der Waals surface area contributed by atoms with Crippen molar-refractivity contribution in [1.82, 2.24) is 10.2 Å². The third kappa shape index (κ3) is 3.33. The van der Waals surface area contributed by atoms with Crippen LogP contribution in [0.2, 0.25) is 0 Å². The van der Waals surface area contributed by atoms with Gasteiger partial charge in [-0.2, -0.15) is 0 Å². The van der Waals surface area contributed by atoms with Crippen molar-refractivity contribution < 1.29 is 28.7 Å². The van der Waals surface area contributed by atoms with Crippen LogP contribution in [0.1, 0.15) is 23.6 Å². The number of hydrogen-bond acceptors (Lipinski definition) is 7. The number of aryl methyl sites for hydroxylation is 1. The molecule has 0 aliphatic carbocycles. The van der Waals surface area contributed by atoms with Crippen molar-refractivity contribution in [2.45, 2.75) is 24.9 Å². The molecular weight excluding hydrogens is 450 g/mol. The van der Waals surface area contributed by atoms with Gasteiger partial charge in [-0.1, -0.05) is 29.8 Å². The molecule has 9 nitrogen and oxygen atoms in total. The van der Waals surface area contributed by atoms with Crippen molar-refractivity contribution in [2.24, 2.45) is 11.8 Å². The van der Waals surface area contributed by atoms with Crippen LogP contribution in [0.4, 0.5) is 5.69 Å². The smallest absolute Gasteiger partial charge is 0.307 e. The lowest BCUT2D eigenvalue weighted by molar-refractivity contribution is -0.154. The van der Waals surface area contributed by atoms with Gasteiger partial charge in [0.25, 0.3) is 0 Å². The van der Waals surface area contributed by atoms with E-state index in [0.717, 1.165) is 11.1 Å². The van der Waals surface area contributed by atoms with Crippen molar-refractivity contribution in [1.29, 1.82) is 0 Å². The molecule has 3 saturated heterocycles. The summed E-state index contributed by atoms with van der Waals surface area (Å²) in [5.74, 6) is -3.15. The molecule has 35 heavy (non-hydrogen) atoms. The molecule has 182 valence electrons. The third-order valence-corrected chi connectivity index (χ3v) is 7.48. The number of anilines is 1. The summed E-state index contributed by atoms with van der Waals surface area (Å²) >= 11 is 0. The molecule has 3 amide bonds. The number of hydrogen-bond donors (Lipinski definition) is 1. The summed E-state index contributed by atoms with van der Waals surface area (Å²) in [7, 11) is 2.81. The fraction of sp³-hybridized carbons (Fsp3) is 0.385. The first-order chi connectivity index (χ1) is 16.8. The third-order valence-electron chi connectivity index (χ3n) is 7.48. The second kappa shape index (κ2) is 8.49. The number of carbonyl (C=O) groups is 4. The molecule has 5 rings (SSSR count). The minimum atomic E-state index is -1.53. The monoisotopic (exact) mass is 477 g/mol. The zero-order chi connectivity index (χ0) is 24.9. The maximum Gasteiger partial charge on any atom is 0.307 e. The molecule has 0 spiro atoms. The first kappa shape index (κ1) is 23.0. The largest absolute Gasteiger partial charge is 0.497 e. The molecular formula is C26H27N3O6. The molecule has 3 aliphatic heterocycles. The first-order valence-electron chi connectivity index (χ1n) is 11.5. The molecule has 3 fully saturated rings. The number of methoxy groups -OCH3 is 2. The number of carbonyl (C=O) groups excluding carboxylic acids is 4. The van der Waals surface area contributed by atoms with Crippen LogP contribution in [0, 0.1) is 18.8 Å². The van der Waals surface area contributed by atoms with E-state index >= 15 is 0 Å². The fourth-order valence-electron chi connectivity index (χ4n) is 5.91. The number of piperazine rings is 1. The van der Waals surface area contributed by atoms with E-state index in [1.165, 1.54) is 12.0 Å². The van der Waals surface area contributed by atoms with Gasteiger partial charge in [0.2, 0.25) is 17.7 Å². The summed E-state index contributed by atoms with van der Waals surface area (Å²) in [5.41, 5.74) is 0.676. The van der Waals surface area contributed by atoms with E-state index in [1.807, 2.05) is 36.1 Å². The van der Waals surface area contributed by atoms with Gasteiger partial charge in [0.1, 0.15) is 11.3 Å². The Morgan fingerprint density at radius 1 is 1.03 bits per heavy atom. The maximum absolute atomic E-state index is 14.0. The lowest BCUT2D eigenvalue weighted by Gasteiger charge is -2.45. The number of fused-ring (bicyclic) bond motifs is 3. The maximum atomic E-state index is 14.0. The normalized spacial score (nSPS) is 27.9. The van der Waals surface area contributed by atoms with E-state index in [2.05, 4.69) is 5.32 Å². The average Bonchev–Trinajstić information content (AvgIpc) is 3.30. The number of imide groups is 1. The van der Waals surface area contributed by atoms with Gasteiger partial charge in [-0.25, -0.2) is 4.90 Å². The summed E-state index contributed by atoms with van der Waals surface area (Å²) in [6.07, 6.45) is -0.329. The molecule has 4 atom stereocenters. The summed E-state index contributed by atoms with van der Waals surface area (Å²) in [6, 6.07) is 13.8. The van der Waals surface area contributed by atoms with Crippen LogP contribution in [0.25, 0.3) is 0 Å². The number of nitrogens with one attached hydrogen (secondary N) is 1. The molecule has 2 aromatic rings. The molecule has 9 heteroatoms. The molecule has 4 unspecified atom stereocenters. The Morgan fingerprint density at radius 3 is 2.34 bits per heavy atom. The Labute approximate surface area is 203 Å². The van der Waals surface area contributed by atoms with Crippen molar-refractivity contribution in [3.05, 3.63) is 59.7 Å². The van der Waals surface area contributed by atoms with Crippen molar-refractivity contribution in [3.63, 3.8) is 0 Å². The van der Waals surface area contributed by atoms with E-state index in [1.54, 1.807) is 31.4 Å². The highest BCUT2D eigenvalue weighted by Crippen LogP contribution is 2.57. The van der Waals surface area contributed by atoms with Gasteiger partial charge in [0, 0.05) is 19.1 Å². The van der Waals surface area contributed by atoms with Crippen molar-refractivity contribution in [2.75, 3.05) is 32.2 Å². The van der Waals surface area contributed by atoms with Crippen LogP contribution in [0.3, 0.4) is 0 Å². The summed E-state index contributed by atoms with van der Waals surface area (Å²) in [6.45, 7) is 2.65. The standard InChI is InChI=1S/C26H27N3O6/c1-15-4-8-17(9-5-15)29-23(31)20-21(24(29)32)26(14-19(30)35-3)25(33)27-12-13-28(26)22(20)16-6-10-18(34-2)11-7-16/h4-11,20-22H,12-14H2,1-3H3,(H,27,33). The average molecular weight is 478 g/mol. The fourth-order valence-corrected chi connectivity index (χ4v) is 5.91. The number of rotatable bonds is 5. The number of esters is 1. The second-order valence-corrected chi connectivity index (χ2v) is 9.20. The second-order valence-electron chi connectivity index (χ2n) is 9.20. The highest BCUT2D eigenvalue weighted by Gasteiger charge is 2.73. The molecule has 0 bridgehead atoms. The Bertz CT molecular complexity index is 1190. The van der Waals surface area contributed by atoms with Crippen LogP contribution in [0.5, 0.6) is 5.75 Å². The summed E-state index contributed by atoms with van der Waals surface area (Å²) in [4.78, 5) is 57.1. The van der Waals surface area contributed by atoms with E-state index in [4.69, 9.17) is 9.47 Å². The van der Waals surface area contributed by atoms with Crippen molar-refractivity contribution >= 4 is 29.4 Å². The Kier molecular flexibility index (Phi) is 5.59. The lowest BCUT2D eigenvalue weighted by Crippen LogP contribution is -2.67. The number of ether oxygens (including phenoxy) is 2. The minimum absolute atomic E-state index is 0.329. The quantitative estimate of drug-likeness (QED) is 0.515. The van der Waals surface area contributed by atoms with Gasteiger partial charge in [-0.3, -0.25) is 24.1 Å². The predicted octanol–water partition coefficient (Wildman–Crippen LogP) is 1.60. The summed E-state index contributed by atoms with van der Waals surface area (Å²) in [5, 5.41) is 2.83. The lowest BCUT2D eigenvalue weighted by atomic mass is 9.76. The van der Waals surface area contributed by atoms with Crippen LogP contribution < -0.4 is 15.0 Å².